The minimum atomic E-state index is -4.46. The third-order valence-corrected chi connectivity index (χ3v) is 5.76. The van der Waals surface area contributed by atoms with Crippen molar-refractivity contribution in [3.63, 3.8) is 0 Å². The summed E-state index contributed by atoms with van der Waals surface area (Å²) >= 11 is 0. The molecule has 0 amide bonds. The average molecular weight is 499 g/mol. The molecule has 5 atom stereocenters. The van der Waals surface area contributed by atoms with Crippen LogP contribution in [0.25, 0.3) is 0 Å². The molecule has 1 aromatic rings. The number of fused-ring (bicyclic) bond motifs is 2. The molecule has 0 spiro atoms. The molecule has 6 nitrogen and oxygen atoms in total. The van der Waals surface area contributed by atoms with E-state index in [0.29, 0.717) is 12.8 Å². The Kier molecular flexibility index (Phi) is 9.77. The molecule has 35 heavy (non-hydrogen) atoms. The fourth-order valence-corrected chi connectivity index (χ4v) is 3.99. The predicted molar refractivity (Wildman–Crippen MR) is 123 cm³/mol. The molecule has 0 aliphatic carbocycles. The van der Waals surface area contributed by atoms with Crippen molar-refractivity contribution in [1.82, 2.24) is 0 Å². The van der Waals surface area contributed by atoms with Crippen molar-refractivity contribution in [3.05, 3.63) is 54.1 Å². The van der Waals surface area contributed by atoms with Crippen LogP contribution in [0.5, 0.6) is 5.75 Å². The number of hydrogen-bond acceptors (Lipinski definition) is 6. The Hall–Kier alpha value is -2.36. The number of benzene rings is 1. The number of carbonyl (C=O) groups is 1. The summed E-state index contributed by atoms with van der Waals surface area (Å²) in [4.78, 5) is 11.6. The van der Waals surface area contributed by atoms with E-state index < -0.39 is 17.8 Å². The number of rotatable bonds is 12. The van der Waals surface area contributed by atoms with Crippen LogP contribution in [0.2, 0.25) is 0 Å². The smallest absolute Gasteiger partial charge is 0.416 e. The first kappa shape index (κ1) is 27.2. The molecule has 5 unspecified atom stereocenters. The maximum absolute atomic E-state index is 12.8. The minimum Gasteiger partial charge on any atom is -0.491 e. The zero-order valence-corrected chi connectivity index (χ0v) is 19.9. The van der Waals surface area contributed by atoms with E-state index in [1.807, 2.05) is 19.9 Å². The quantitative estimate of drug-likeness (QED) is 0.243. The molecule has 3 aliphatic rings. The van der Waals surface area contributed by atoms with Gasteiger partial charge in [-0.3, -0.25) is 4.79 Å². The standard InChI is InChI=1S/C26H33F3O6/c1-17(2)33-24(31)11-6-4-3-5-10-21-22(34-25-15-23(21)35-25)13-12-19(30)16-32-20-9-7-8-18(14-20)26(27,28)29/h3,5,7-9,12-14,17,19,21-23,25,30H,4,6,10-11,15-16H2,1-2H3/b5-3+,13-12+. The first-order valence-corrected chi connectivity index (χ1v) is 11.9. The van der Waals surface area contributed by atoms with Gasteiger partial charge in [0.25, 0.3) is 0 Å². The van der Waals surface area contributed by atoms with Gasteiger partial charge < -0.3 is 24.1 Å². The van der Waals surface area contributed by atoms with Crippen LogP contribution in [-0.2, 0) is 25.2 Å². The van der Waals surface area contributed by atoms with Crippen LogP contribution in [0.15, 0.2) is 48.6 Å². The molecule has 1 aromatic carbocycles. The Bertz CT molecular complexity index is 876. The Morgan fingerprint density at radius 3 is 2.74 bits per heavy atom. The van der Waals surface area contributed by atoms with Gasteiger partial charge in [0.2, 0.25) is 0 Å². The van der Waals surface area contributed by atoms with Crippen LogP contribution in [-0.4, -0.2) is 48.4 Å². The number of alkyl halides is 3. The zero-order valence-electron chi connectivity index (χ0n) is 19.9. The van der Waals surface area contributed by atoms with Crippen LogP contribution in [0.1, 0.15) is 51.5 Å². The second kappa shape index (κ2) is 12.6. The second-order valence-corrected chi connectivity index (χ2v) is 9.03. The van der Waals surface area contributed by atoms with E-state index in [-0.39, 0.29) is 48.8 Å². The minimum absolute atomic E-state index is 0.0383. The molecule has 9 heteroatoms. The van der Waals surface area contributed by atoms with Crippen molar-refractivity contribution < 1.29 is 42.0 Å². The molecule has 4 rings (SSSR count). The molecule has 2 bridgehead atoms. The molecule has 0 saturated carbocycles. The molecule has 3 saturated heterocycles. The lowest BCUT2D eigenvalue weighted by Gasteiger charge is -2.49. The number of esters is 1. The highest BCUT2D eigenvalue weighted by Gasteiger charge is 2.46. The number of ether oxygens (including phenoxy) is 4. The van der Waals surface area contributed by atoms with Crippen molar-refractivity contribution in [2.24, 2.45) is 5.92 Å². The van der Waals surface area contributed by atoms with Crippen LogP contribution in [0.3, 0.4) is 0 Å². The van der Waals surface area contributed by atoms with Crippen molar-refractivity contribution >= 4 is 5.97 Å². The van der Waals surface area contributed by atoms with Crippen molar-refractivity contribution in [1.29, 1.82) is 0 Å². The van der Waals surface area contributed by atoms with Gasteiger partial charge in [-0.25, -0.2) is 0 Å². The monoisotopic (exact) mass is 498 g/mol. The molecular formula is C26H33F3O6. The molecule has 3 fully saturated rings. The predicted octanol–water partition coefficient (Wildman–Crippen LogP) is 5.20. The number of hydrogen-bond donors (Lipinski definition) is 1. The van der Waals surface area contributed by atoms with Gasteiger partial charge in [-0.2, -0.15) is 13.2 Å². The van der Waals surface area contributed by atoms with Crippen molar-refractivity contribution in [3.8, 4) is 5.75 Å². The van der Waals surface area contributed by atoms with Crippen LogP contribution in [0.4, 0.5) is 13.2 Å². The Morgan fingerprint density at radius 2 is 2.03 bits per heavy atom. The molecule has 3 heterocycles. The highest BCUT2D eigenvalue weighted by Crippen LogP contribution is 2.40. The summed E-state index contributed by atoms with van der Waals surface area (Å²) < 4.78 is 60.5. The van der Waals surface area contributed by atoms with E-state index in [2.05, 4.69) is 6.08 Å². The van der Waals surface area contributed by atoms with Gasteiger partial charge in [-0.05, 0) is 51.3 Å². The third-order valence-electron chi connectivity index (χ3n) is 5.76. The number of carbonyl (C=O) groups excluding carboxylic acids is 1. The van der Waals surface area contributed by atoms with E-state index >= 15 is 0 Å². The molecule has 3 aliphatic heterocycles. The summed E-state index contributed by atoms with van der Waals surface area (Å²) in [6.45, 7) is 3.46. The number of unbranched alkanes of at least 4 members (excludes halogenated alkanes) is 1. The lowest BCUT2D eigenvalue weighted by atomic mass is 9.84. The highest BCUT2D eigenvalue weighted by atomic mass is 19.4. The van der Waals surface area contributed by atoms with Gasteiger partial charge in [-0.15, -0.1) is 0 Å². The summed E-state index contributed by atoms with van der Waals surface area (Å²) in [6, 6.07) is 4.54. The van der Waals surface area contributed by atoms with E-state index in [1.54, 1.807) is 12.2 Å². The second-order valence-electron chi connectivity index (χ2n) is 9.03. The van der Waals surface area contributed by atoms with Gasteiger partial charge in [0, 0.05) is 18.8 Å². The van der Waals surface area contributed by atoms with E-state index in [4.69, 9.17) is 18.9 Å². The topological polar surface area (TPSA) is 74.2 Å². The maximum Gasteiger partial charge on any atom is 0.416 e. The molecular weight excluding hydrogens is 465 g/mol. The number of aliphatic hydroxyl groups is 1. The molecule has 0 radical (unpaired) electrons. The fourth-order valence-electron chi connectivity index (χ4n) is 3.99. The SMILES string of the molecule is CC(C)OC(=O)CCC/C=C/CC1C(/C=C/C(O)COc2cccc(C(F)(F)F)c2)OC2CC1O2. The van der Waals surface area contributed by atoms with Gasteiger partial charge in [0.1, 0.15) is 18.5 Å². The average Bonchev–Trinajstić information content (AvgIpc) is 2.77. The summed E-state index contributed by atoms with van der Waals surface area (Å²) in [6.07, 6.45) is 4.82. The van der Waals surface area contributed by atoms with E-state index in [9.17, 15) is 23.1 Å². The normalized spacial score (nSPS) is 25.1. The third kappa shape index (κ3) is 8.66. The van der Waals surface area contributed by atoms with E-state index in [0.717, 1.165) is 31.4 Å². The van der Waals surface area contributed by atoms with Gasteiger partial charge >= 0.3 is 12.1 Å². The number of halogens is 3. The first-order chi connectivity index (χ1) is 16.6. The molecule has 194 valence electrons. The fraction of sp³-hybridized carbons (Fsp3) is 0.577. The first-order valence-electron chi connectivity index (χ1n) is 11.9. The van der Waals surface area contributed by atoms with E-state index in [1.165, 1.54) is 12.1 Å². The summed E-state index contributed by atoms with van der Waals surface area (Å²) in [5.41, 5.74) is -0.804. The van der Waals surface area contributed by atoms with Crippen molar-refractivity contribution in [2.75, 3.05) is 6.61 Å². The number of aliphatic hydroxyl groups excluding tert-OH is 1. The largest absolute Gasteiger partial charge is 0.491 e. The lowest BCUT2D eigenvalue weighted by molar-refractivity contribution is -0.337. The zero-order chi connectivity index (χ0) is 25.4. The van der Waals surface area contributed by atoms with Gasteiger partial charge in [0.05, 0.1) is 23.9 Å². The molecule has 0 aromatic heterocycles. The summed E-state index contributed by atoms with van der Waals surface area (Å²) in [5, 5.41) is 10.2. The van der Waals surface area contributed by atoms with Crippen LogP contribution >= 0.6 is 0 Å². The van der Waals surface area contributed by atoms with Gasteiger partial charge in [0.15, 0.2) is 6.29 Å². The maximum atomic E-state index is 12.8. The number of allylic oxidation sites excluding steroid dienone is 2. The van der Waals surface area contributed by atoms with Crippen molar-refractivity contribution in [2.45, 2.75) is 82.8 Å². The highest BCUT2D eigenvalue weighted by molar-refractivity contribution is 5.69. The summed E-state index contributed by atoms with van der Waals surface area (Å²) in [7, 11) is 0. The Balaban J connectivity index is 1.44. The Labute approximate surface area is 203 Å². The molecule has 1 N–H and O–H groups in total. The van der Waals surface area contributed by atoms with Crippen LogP contribution in [0, 0.1) is 5.92 Å². The van der Waals surface area contributed by atoms with Gasteiger partial charge in [-0.1, -0.05) is 30.4 Å². The lowest BCUT2D eigenvalue weighted by Crippen LogP contribution is -2.55. The van der Waals surface area contributed by atoms with Crippen LogP contribution < -0.4 is 4.74 Å². The summed E-state index contributed by atoms with van der Waals surface area (Å²) in [5.74, 6) is -0.0740. The Morgan fingerprint density at radius 1 is 1.26 bits per heavy atom.